The van der Waals surface area contributed by atoms with Gasteiger partial charge in [-0.3, -0.25) is 9.52 Å². The Morgan fingerprint density at radius 2 is 1.58 bits per heavy atom. The van der Waals surface area contributed by atoms with Gasteiger partial charge in [0.1, 0.15) is 5.75 Å². The van der Waals surface area contributed by atoms with E-state index in [1.54, 1.807) is 24.3 Å². The standard InChI is InChI=1S/C23H23ClN2O4S/c1-15-10-16(2)12-19(11-15)26-31(28,29)21-8-6-20(7-9-21)30-14-23(27)25-22-13-18(24)5-4-17(22)3/h4-13,26H,14H2,1-3H3,(H,25,27). The third-order valence-electron chi connectivity index (χ3n) is 4.45. The van der Waals surface area contributed by atoms with Crippen LogP contribution in [0.25, 0.3) is 0 Å². The highest BCUT2D eigenvalue weighted by Crippen LogP contribution is 2.22. The molecule has 0 fully saturated rings. The summed E-state index contributed by atoms with van der Waals surface area (Å²) in [6.07, 6.45) is 0. The second-order valence-electron chi connectivity index (χ2n) is 7.25. The number of hydrogen-bond acceptors (Lipinski definition) is 4. The normalized spacial score (nSPS) is 11.1. The number of aryl methyl sites for hydroxylation is 3. The van der Waals surface area contributed by atoms with Crippen LogP contribution in [0.5, 0.6) is 5.75 Å². The molecule has 0 heterocycles. The Kier molecular flexibility index (Phi) is 6.87. The fraction of sp³-hybridized carbons (Fsp3) is 0.174. The topological polar surface area (TPSA) is 84.5 Å². The summed E-state index contributed by atoms with van der Waals surface area (Å²) in [6, 6.07) is 16.6. The third kappa shape index (κ3) is 6.23. The summed E-state index contributed by atoms with van der Waals surface area (Å²) in [5.41, 5.74) is 3.93. The summed E-state index contributed by atoms with van der Waals surface area (Å²) in [5, 5.41) is 3.26. The second kappa shape index (κ2) is 9.41. The van der Waals surface area contributed by atoms with E-state index in [9.17, 15) is 13.2 Å². The number of carbonyl (C=O) groups excluding carboxylic acids is 1. The molecule has 0 aliphatic carbocycles. The van der Waals surface area contributed by atoms with E-state index in [0.717, 1.165) is 16.7 Å². The lowest BCUT2D eigenvalue weighted by atomic mass is 10.1. The van der Waals surface area contributed by atoms with E-state index >= 15 is 0 Å². The first-order valence-electron chi connectivity index (χ1n) is 9.52. The van der Waals surface area contributed by atoms with Gasteiger partial charge in [0, 0.05) is 16.4 Å². The molecule has 31 heavy (non-hydrogen) atoms. The van der Waals surface area contributed by atoms with Crippen LogP contribution in [-0.4, -0.2) is 20.9 Å². The summed E-state index contributed by atoms with van der Waals surface area (Å²) in [4.78, 5) is 12.2. The van der Waals surface area contributed by atoms with Crippen LogP contribution in [0.2, 0.25) is 5.02 Å². The molecule has 2 N–H and O–H groups in total. The van der Waals surface area contributed by atoms with Crippen molar-refractivity contribution in [1.82, 2.24) is 0 Å². The number of carbonyl (C=O) groups is 1. The van der Waals surface area contributed by atoms with Gasteiger partial charge in [-0.05, 0) is 86.0 Å². The van der Waals surface area contributed by atoms with Gasteiger partial charge in [-0.1, -0.05) is 23.7 Å². The molecule has 0 aliphatic heterocycles. The number of halogens is 1. The molecule has 3 rings (SSSR count). The summed E-state index contributed by atoms with van der Waals surface area (Å²) in [5.74, 6) is 0.0295. The van der Waals surface area contributed by atoms with Crippen LogP contribution in [0.3, 0.4) is 0 Å². The van der Waals surface area contributed by atoms with Gasteiger partial charge in [0.2, 0.25) is 0 Å². The summed E-state index contributed by atoms with van der Waals surface area (Å²) in [6.45, 7) is 5.44. The Bertz CT molecular complexity index is 1190. The number of anilines is 2. The van der Waals surface area contributed by atoms with Crippen LogP contribution in [0.15, 0.2) is 65.6 Å². The van der Waals surface area contributed by atoms with Crippen LogP contribution >= 0.6 is 11.6 Å². The second-order valence-corrected chi connectivity index (χ2v) is 9.37. The molecule has 3 aromatic rings. The molecule has 0 aliphatic rings. The van der Waals surface area contributed by atoms with Gasteiger partial charge in [-0.15, -0.1) is 0 Å². The monoisotopic (exact) mass is 458 g/mol. The number of sulfonamides is 1. The van der Waals surface area contributed by atoms with Crippen molar-refractivity contribution in [3.05, 3.63) is 82.4 Å². The molecule has 0 saturated carbocycles. The molecular weight excluding hydrogens is 436 g/mol. The average Bonchev–Trinajstić information content (AvgIpc) is 2.68. The number of benzene rings is 3. The fourth-order valence-electron chi connectivity index (χ4n) is 3.03. The van der Waals surface area contributed by atoms with Crippen molar-refractivity contribution < 1.29 is 17.9 Å². The first-order valence-corrected chi connectivity index (χ1v) is 11.4. The van der Waals surface area contributed by atoms with Crippen molar-refractivity contribution in [3.63, 3.8) is 0 Å². The largest absolute Gasteiger partial charge is 0.484 e. The predicted molar refractivity (Wildman–Crippen MR) is 123 cm³/mol. The van der Waals surface area contributed by atoms with E-state index in [-0.39, 0.29) is 17.4 Å². The van der Waals surface area contributed by atoms with Crippen molar-refractivity contribution in [2.75, 3.05) is 16.6 Å². The smallest absolute Gasteiger partial charge is 0.262 e. The van der Waals surface area contributed by atoms with Gasteiger partial charge in [0.25, 0.3) is 15.9 Å². The summed E-state index contributed by atoms with van der Waals surface area (Å²) < 4.78 is 33.3. The minimum atomic E-state index is -3.74. The fourth-order valence-corrected chi connectivity index (χ4v) is 4.24. The van der Waals surface area contributed by atoms with E-state index in [1.807, 2.05) is 32.9 Å². The highest BCUT2D eigenvalue weighted by atomic mass is 35.5. The molecule has 0 unspecified atom stereocenters. The van der Waals surface area contributed by atoms with Crippen LogP contribution in [0.4, 0.5) is 11.4 Å². The Hall–Kier alpha value is -3.03. The molecular formula is C23H23ClN2O4S. The van der Waals surface area contributed by atoms with Crippen molar-refractivity contribution >= 4 is 38.9 Å². The van der Waals surface area contributed by atoms with Crippen molar-refractivity contribution in [1.29, 1.82) is 0 Å². The predicted octanol–water partition coefficient (Wildman–Crippen LogP) is 5.08. The van der Waals surface area contributed by atoms with Crippen molar-refractivity contribution in [3.8, 4) is 5.75 Å². The highest BCUT2D eigenvalue weighted by molar-refractivity contribution is 7.92. The van der Waals surface area contributed by atoms with Crippen LogP contribution in [0.1, 0.15) is 16.7 Å². The van der Waals surface area contributed by atoms with Crippen LogP contribution < -0.4 is 14.8 Å². The van der Waals surface area contributed by atoms with Gasteiger partial charge in [0.15, 0.2) is 6.61 Å². The van der Waals surface area contributed by atoms with E-state index in [1.165, 1.54) is 24.3 Å². The number of rotatable bonds is 7. The van der Waals surface area contributed by atoms with E-state index in [0.29, 0.717) is 22.1 Å². The SMILES string of the molecule is Cc1cc(C)cc(NS(=O)(=O)c2ccc(OCC(=O)Nc3cc(Cl)ccc3C)cc2)c1. The first-order chi connectivity index (χ1) is 14.6. The van der Waals surface area contributed by atoms with Crippen LogP contribution in [-0.2, 0) is 14.8 Å². The van der Waals surface area contributed by atoms with Gasteiger partial charge in [-0.25, -0.2) is 8.42 Å². The molecule has 1 amide bonds. The van der Waals surface area contributed by atoms with E-state index < -0.39 is 10.0 Å². The quantitative estimate of drug-likeness (QED) is 0.516. The molecule has 6 nitrogen and oxygen atoms in total. The van der Waals surface area contributed by atoms with Crippen LogP contribution in [0, 0.1) is 20.8 Å². The molecule has 162 valence electrons. The Balaban J connectivity index is 1.61. The number of ether oxygens (including phenoxy) is 1. The number of hydrogen-bond donors (Lipinski definition) is 2. The molecule has 0 aromatic heterocycles. The van der Waals surface area contributed by atoms with Crippen molar-refractivity contribution in [2.24, 2.45) is 0 Å². The maximum atomic E-state index is 12.6. The first kappa shape index (κ1) is 22.7. The number of amides is 1. The zero-order valence-electron chi connectivity index (χ0n) is 17.4. The maximum Gasteiger partial charge on any atom is 0.262 e. The van der Waals surface area contributed by atoms with E-state index in [2.05, 4.69) is 10.0 Å². The van der Waals surface area contributed by atoms with Gasteiger partial charge >= 0.3 is 0 Å². The van der Waals surface area contributed by atoms with E-state index in [4.69, 9.17) is 16.3 Å². The molecule has 0 bridgehead atoms. The van der Waals surface area contributed by atoms with Gasteiger partial charge in [0.05, 0.1) is 4.90 Å². The molecule has 0 spiro atoms. The highest BCUT2D eigenvalue weighted by Gasteiger charge is 2.15. The van der Waals surface area contributed by atoms with Crippen molar-refractivity contribution in [2.45, 2.75) is 25.7 Å². The average molecular weight is 459 g/mol. The summed E-state index contributed by atoms with van der Waals surface area (Å²) >= 11 is 5.95. The lowest BCUT2D eigenvalue weighted by molar-refractivity contribution is -0.118. The third-order valence-corrected chi connectivity index (χ3v) is 6.08. The number of nitrogens with one attached hydrogen (secondary N) is 2. The zero-order chi connectivity index (χ0) is 22.6. The lowest BCUT2D eigenvalue weighted by Gasteiger charge is -2.12. The molecule has 0 radical (unpaired) electrons. The molecule has 3 aromatic carbocycles. The Labute approximate surface area is 187 Å². The lowest BCUT2D eigenvalue weighted by Crippen LogP contribution is -2.20. The Morgan fingerprint density at radius 1 is 0.935 bits per heavy atom. The molecule has 0 atom stereocenters. The van der Waals surface area contributed by atoms with Gasteiger partial charge < -0.3 is 10.1 Å². The molecule has 8 heteroatoms. The molecule has 0 saturated heterocycles. The maximum absolute atomic E-state index is 12.6. The minimum absolute atomic E-state index is 0.0954. The van der Waals surface area contributed by atoms with Gasteiger partial charge in [-0.2, -0.15) is 0 Å². The Morgan fingerprint density at radius 3 is 2.23 bits per heavy atom. The zero-order valence-corrected chi connectivity index (χ0v) is 19.0. The summed E-state index contributed by atoms with van der Waals surface area (Å²) in [7, 11) is -3.74. The minimum Gasteiger partial charge on any atom is -0.484 e.